The molecule has 364 valence electrons. The number of carbonyl (C=O) groups excluding carboxylic acids is 2. The molecule has 8 N–H and O–H groups in total. The Morgan fingerprint density at radius 3 is 1.73 bits per heavy atom. The number of rotatable bonds is 21. The smallest absolute Gasteiger partial charge is 0.336 e. The summed E-state index contributed by atoms with van der Waals surface area (Å²) in [4.78, 5) is 40.3. The highest BCUT2D eigenvalue weighted by molar-refractivity contribution is 7.86. The molecule has 0 atom stereocenters. The molecule has 2 heterocycles. The van der Waals surface area contributed by atoms with Crippen LogP contribution < -0.4 is 15.5 Å². The third kappa shape index (κ3) is 13.6. The molecule has 28 heteroatoms. The fourth-order valence-corrected chi connectivity index (χ4v) is 10.1. The van der Waals surface area contributed by atoms with Crippen LogP contribution in [0.25, 0.3) is 0 Å². The van der Waals surface area contributed by atoms with Crippen molar-refractivity contribution in [3.8, 4) is 0 Å². The number of nitrogens with zero attached hydrogens (tertiary/aromatic N) is 2. The molecule has 66 heavy (non-hydrogen) atoms. The lowest BCUT2D eigenvalue weighted by Crippen LogP contribution is -2.34. The number of anilines is 1. The number of benzene rings is 2. The number of allylic oxidation sites excluding steroid dienone is 6. The van der Waals surface area contributed by atoms with Gasteiger partial charge < -0.3 is 20.6 Å². The zero-order chi connectivity index (χ0) is 50.0. The van der Waals surface area contributed by atoms with Crippen LogP contribution in [0.3, 0.4) is 0 Å². The molecule has 2 amide bonds. The van der Waals surface area contributed by atoms with Crippen LogP contribution in [0, 0.1) is 0 Å². The van der Waals surface area contributed by atoms with Gasteiger partial charge in [-0.2, -0.15) is 46.7 Å². The van der Waals surface area contributed by atoms with Crippen molar-refractivity contribution in [1.29, 1.82) is 0 Å². The van der Waals surface area contributed by atoms with Crippen molar-refractivity contribution < 1.29 is 88.9 Å². The van der Waals surface area contributed by atoms with Crippen molar-refractivity contribution in [3.63, 3.8) is 0 Å². The second-order valence-corrected chi connectivity index (χ2v) is 23.9. The lowest BCUT2D eigenvalue weighted by atomic mass is 9.78. The second-order valence-electron chi connectivity index (χ2n) is 16.2. The van der Waals surface area contributed by atoms with Gasteiger partial charge in [0.1, 0.15) is 6.54 Å². The van der Waals surface area contributed by atoms with E-state index in [9.17, 15) is 79.8 Å². The van der Waals surface area contributed by atoms with Crippen LogP contribution in [0.4, 0.5) is 11.4 Å². The summed E-state index contributed by atoms with van der Waals surface area (Å²) in [6, 6.07) is 4.32. The lowest BCUT2D eigenvalue weighted by molar-refractivity contribution is -0.437. The highest BCUT2D eigenvalue weighted by Gasteiger charge is 2.48. The third-order valence-corrected chi connectivity index (χ3v) is 14.4. The Morgan fingerprint density at radius 1 is 0.652 bits per heavy atom. The topological polar surface area (TPSA) is 374 Å². The molecule has 2 aromatic carbocycles. The van der Waals surface area contributed by atoms with Crippen LogP contribution in [0.15, 0.2) is 65.2 Å². The van der Waals surface area contributed by atoms with E-state index >= 15 is 0 Å². The van der Waals surface area contributed by atoms with Gasteiger partial charge in [0.25, 0.3) is 62.4 Å². The van der Waals surface area contributed by atoms with Gasteiger partial charge in [0.2, 0.25) is 5.69 Å². The Labute approximate surface area is 381 Å². The number of aromatic carboxylic acids is 1. The molecule has 0 radical (unpaired) electrons. The number of hydrogen-bond acceptors (Lipinski definition) is 14. The maximum atomic E-state index is 13.8. The molecule has 23 nitrogen and oxygen atoms in total. The summed E-state index contributed by atoms with van der Waals surface area (Å²) in [7, 11) is -22.9. The molecule has 0 saturated carbocycles. The van der Waals surface area contributed by atoms with Crippen molar-refractivity contribution in [2.45, 2.75) is 56.3 Å². The number of nitrogens with one attached hydrogen (secondary N) is 2. The second kappa shape index (κ2) is 19.7. The van der Waals surface area contributed by atoms with Gasteiger partial charge in [-0.3, -0.25) is 32.4 Å². The number of amides is 2. The number of fused-ring (bicyclic) bond motifs is 2. The largest absolute Gasteiger partial charge is 0.478 e. The van der Waals surface area contributed by atoms with E-state index in [1.807, 2.05) is 0 Å². The molecule has 2 aliphatic heterocycles. The molecule has 4 rings (SSSR count). The first-order valence-corrected chi connectivity index (χ1v) is 27.4. The van der Waals surface area contributed by atoms with Crippen molar-refractivity contribution in [3.05, 3.63) is 88.2 Å². The van der Waals surface area contributed by atoms with Crippen LogP contribution in [0.2, 0.25) is 0 Å². The van der Waals surface area contributed by atoms with Gasteiger partial charge >= 0.3 is 5.97 Å². The summed E-state index contributed by atoms with van der Waals surface area (Å²) in [5.74, 6) is -6.48. The van der Waals surface area contributed by atoms with Gasteiger partial charge in [-0.05, 0) is 44.5 Å². The van der Waals surface area contributed by atoms with E-state index < -0.39 is 126 Å². The standard InChI is InChI=1S/C38H48N4O19S5/c1-37(2)30(10-6-5-7-11-31-38(3,4)33-27(36(45)46)22-25(66(59,60)61)23-29(33)42(31)15-9-17-63(50,51)52)41(14-8-16-62(47,48)49)28-21-24(34(43)39-12-18-64(53,54)55)20-26(32(28)37)35(44)40-13-19-65(56,57)58/h5-7,10-11,20-23H,8-9,12-19H2,1-4H3,(H7-,39,40,43,44,45,46,47,48,49,50,51,52,53,54,55,56,57,58,59,60,61)/p+1. The molecular formula is C38H49N4O19S5+. The van der Waals surface area contributed by atoms with E-state index in [-0.39, 0.29) is 59.6 Å². The third-order valence-electron chi connectivity index (χ3n) is 10.5. The van der Waals surface area contributed by atoms with Crippen molar-refractivity contribution in [2.24, 2.45) is 0 Å². The zero-order valence-corrected chi connectivity index (χ0v) is 39.8. The number of carboxylic acids is 1. The fraction of sp³-hybridized carbons (Fsp3) is 0.421. The zero-order valence-electron chi connectivity index (χ0n) is 35.7. The van der Waals surface area contributed by atoms with Crippen molar-refractivity contribution in [2.75, 3.05) is 54.1 Å². The predicted octanol–water partition coefficient (Wildman–Crippen LogP) is 1.59. The number of carbonyl (C=O) groups is 3. The van der Waals surface area contributed by atoms with E-state index in [1.54, 1.807) is 38.3 Å². The molecule has 0 aromatic heterocycles. The molecule has 0 spiro atoms. The summed E-state index contributed by atoms with van der Waals surface area (Å²) >= 11 is 0. The molecule has 0 bridgehead atoms. The minimum Gasteiger partial charge on any atom is -0.478 e. The Hall–Kier alpha value is -4.91. The fourth-order valence-electron chi connectivity index (χ4n) is 7.82. The summed E-state index contributed by atoms with van der Waals surface area (Å²) in [5.41, 5.74) is -1.93. The molecule has 0 saturated heterocycles. The molecular weight excluding hydrogens is 977 g/mol. The van der Waals surface area contributed by atoms with Gasteiger partial charge in [0, 0.05) is 66.1 Å². The Morgan fingerprint density at radius 2 is 1.20 bits per heavy atom. The summed E-state index contributed by atoms with van der Waals surface area (Å²) < 4.78 is 165. The van der Waals surface area contributed by atoms with E-state index in [2.05, 4.69) is 10.6 Å². The van der Waals surface area contributed by atoms with Crippen molar-refractivity contribution in [1.82, 2.24) is 10.6 Å². The molecule has 0 fully saturated rings. The van der Waals surface area contributed by atoms with E-state index in [1.165, 1.54) is 35.3 Å². The minimum absolute atomic E-state index is 0.0314. The first-order valence-electron chi connectivity index (χ1n) is 19.5. The Balaban J connectivity index is 1.88. The Bertz CT molecular complexity index is 3030. The number of carboxylic acid groups (broad SMARTS) is 1. The Kier molecular flexibility index (Phi) is 16.1. The van der Waals surface area contributed by atoms with Crippen LogP contribution in [-0.4, -0.2) is 147 Å². The summed E-state index contributed by atoms with van der Waals surface area (Å²) in [6.07, 6.45) is 7.21. The lowest BCUT2D eigenvalue weighted by Gasteiger charge is -2.27. The molecule has 2 aliphatic rings. The van der Waals surface area contributed by atoms with E-state index in [0.29, 0.717) is 11.4 Å². The number of hydrogen-bond donors (Lipinski definition) is 8. The van der Waals surface area contributed by atoms with Crippen LogP contribution in [0.5, 0.6) is 0 Å². The monoisotopic (exact) mass is 1030 g/mol. The molecule has 0 unspecified atom stereocenters. The average Bonchev–Trinajstić information content (AvgIpc) is 3.49. The maximum Gasteiger partial charge on any atom is 0.336 e. The van der Waals surface area contributed by atoms with Gasteiger partial charge in [-0.25, -0.2) is 4.79 Å². The average molecular weight is 1030 g/mol. The molecule has 2 aromatic rings. The van der Waals surface area contributed by atoms with Gasteiger partial charge in [-0.1, -0.05) is 32.1 Å². The van der Waals surface area contributed by atoms with Gasteiger partial charge in [0.05, 0.1) is 50.0 Å². The van der Waals surface area contributed by atoms with Gasteiger partial charge in [-0.15, -0.1) is 0 Å². The SMILES string of the molecule is CC1(C)C(/C=C/C=C/C=C2/N(CCCS(=O)(=O)O)c3cc(S(=O)(=O)O)cc(C(=O)O)c3C2(C)C)=[N+](CCCS(=O)(=O)O)c2cc(C(=O)NCCS(=O)(=O)O)cc(C(=O)NCCS(=O)(=O)O)c21. The maximum absolute atomic E-state index is 13.8. The highest BCUT2D eigenvalue weighted by Crippen LogP contribution is 2.50. The predicted molar refractivity (Wildman–Crippen MR) is 239 cm³/mol. The van der Waals surface area contributed by atoms with Crippen LogP contribution >= 0.6 is 0 Å². The van der Waals surface area contributed by atoms with Crippen molar-refractivity contribution >= 4 is 85.5 Å². The summed E-state index contributed by atoms with van der Waals surface area (Å²) in [6.45, 7) is 5.16. The van der Waals surface area contributed by atoms with Crippen LogP contribution in [-0.2, 0) is 61.4 Å². The van der Waals surface area contributed by atoms with Gasteiger partial charge in [0.15, 0.2) is 5.71 Å². The van der Waals surface area contributed by atoms with E-state index in [0.717, 1.165) is 18.2 Å². The van der Waals surface area contributed by atoms with E-state index in [4.69, 9.17) is 4.55 Å². The van der Waals surface area contributed by atoms with Crippen LogP contribution in [0.1, 0.15) is 82.7 Å². The highest BCUT2D eigenvalue weighted by atomic mass is 32.2. The first-order chi connectivity index (χ1) is 30.0. The summed E-state index contributed by atoms with van der Waals surface area (Å²) in [5, 5.41) is 14.8. The normalized spacial score (nSPS) is 16.9. The minimum atomic E-state index is -4.93. The first kappa shape index (κ1) is 53.7. The molecule has 0 aliphatic carbocycles. The quantitative estimate of drug-likeness (QED) is 0.0500.